The first-order chi connectivity index (χ1) is 7.95. The van der Waals surface area contributed by atoms with Crippen LogP contribution < -0.4 is 10.1 Å². The molecule has 0 aliphatic carbocycles. The maximum atomic E-state index is 11.6. The highest BCUT2D eigenvalue weighted by Gasteiger charge is 2.14. The number of halogens is 2. The van der Waals surface area contributed by atoms with E-state index in [4.69, 9.17) is 33.0 Å². The first kappa shape index (κ1) is 13.6. The molecule has 0 fully saturated rings. The molecule has 92 valence electrons. The van der Waals surface area contributed by atoms with Gasteiger partial charge in [0.15, 0.2) is 0 Å². The number of hydrogen-bond donors (Lipinski definition) is 2. The van der Waals surface area contributed by atoms with Crippen LogP contribution in [0.15, 0.2) is 12.1 Å². The molecule has 0 unspecified atom stereocenters. The summed E-state index contributed by atoms with van der Waals surface area (Å²) in [5.41, 5.74) is 0.0960. The van der Waals surface area contributed by atoms with E-state index in [0.29, 0.717) is 5.75 Å². The Morgan fingerprint density at radius 3 is 2.53 bits per heavy atom. The lowest BCUT2D eigenvalue weighted by atomic mass is 10.2. The third kappa shape index (κ3) is 3.51. The van der Waals surface area contributed by atoms with Gasteiger partial charge < -0.3 is 15.2 Å². The summed E-state index contributed by atoms with van der Waals surface area (Å²) >= 11 is 11.7. The summed E-state index contributed by atoms with van der Waals surface area (Å²) in [4.78, 5) is 21.9. The number of amides is 1. The van der Waals surface area contributed by atoms with Crippen LogP contribution in [0.3, 0.4) is 0 Å². The molecule has 0 atom stereocenters. The van der Waals surface area contributed by atoms with Crippen LogP contribution >= 0.6 is 23.2 Å². The van der Waals surface area contributed by atoms with Gasteiger partial charge >= 0.3 is 5.97 Å². The number of carbonyl (C=O) groups excluding carboxylic acids is 1. The minimum absolute atomic E-state index is 0.0960. The molecule has 17 heavy (non-hydrogen) atoms. The lowest BCUT2D eigenvalue weighted by molar-refractivity contribution is -0.135. The zero-order valence-corrected chi connectivity index (χ0v) is 10.3. The van der Waals surface area contributed by atoms with Crippen LogP contribution in [0, 0.1) is 0 Å². The molecule has 0 bridgehead atoms. The van der Waals surface area contributed by atoms with Crippen LogP contribution in [0.5, 0.6) is 5.75 Å². The van der Waals surface area contributed by atoms with Crippen molar-refractivity contribution in [1.29, 1.82) is 0 Å². The van der Waals surface area contributed by atoms with Crippen LogP contribution in [0.4, 0.5) is 0 Å². The van der Waals surface area contributed by atoms with Crippen molar-refractivity contribution < 1.29 is 19.4 Å². The van der Waals surface area contributed by atoms with Gasteiger partial charge in [-0.15, -0.1) is 0 Å². The van der Waals surface area contributed by atoms with E-state index >= 15 is 0 Å². The summed E-state index contributed by atoms with van der Waals surface area (Å²) in [6, 6.07) is 2.71. The summed E-state index contributed by atoms with van der Waals surface area (Å²) in [6.45, 7) is -0.487. The second-order valence-corrected chi connectivity index (χ2v) is 3.86. The van der Waals surface area contributed by atoms with Crippen molar-refractivity contribution in [2.24, 2.45) is 0 Å². The molecule has 1 rings (SSSR count). The number of hydrogen-bond acceptors (Lipinski definition) is 3. The molecule has 2 N–H and O–H groups in total. The summed E-state index contributed by atoms with van der Waals surface area (Å²) in [6.07, 6.45) is 0. The minimum atomic E-state index is -1.14. The average Bonchev–Trinajstić information content (AvgIpc) is 2.28. The van der Waals surface area contributed by atoms with Crippen LogP contribution in [0.1, 0.15) is 10.4 Å². The van der Waals surface area contributed by atoms with E-state index in [1.54, 1.807) is 0 Å². The van der Waals surface area contributed by atoms with Gasteiger partial charge in [0.05, 0.1) is 22.7 Å². The summed E-state index contributed by atoms with van der Waals surface area (Å²) in [7, 11) is 1.42. The van der Waals surface area contributed by atoms with E-state index in [0.717, 1.165) is 0 Å². The maximum Gasteiger partial charge on any atom is 0.322 e. The average molecular weight is 278 g/mol. The topological polar surface area (TPSA) is 75.6 Å². The molecule has 0 aliphatic rings. The highest BCUT2D eigenvalue weighted by atomic mass is 35.5. The molecule has 0 radical (unpaired) electrons. The van der Waals surface area contributed by atoms with Gasteiger partial charge in [-0.05, 0) is 6.07 Å². The van der Waals surface area contributed by atoms with Crippen LogP contribution in [0.25, 0.3) is 0 Å². The van der Waals surface area contributed by atoms with E-state index in [1.165, 1.54) is 19.2 Å². The van der Waals surface area contributed by atoms with Crippen LogP contribution in [0.2, 0.25) is 10.0 Å². The third-order valence-corrected chi connectivity index (χ3v) is 2.49. The van der Waals surface area contributed by atoms with Gasteiger partial charge in [-0.1, -0.05) is 23.2 Å². The van der Waals surface area contributed by atoms with E-state index in [9.17, 15) is 9.59 Å². The van der Waals surface area contributed by atoms with Crippen molar-refractivity contribution >= 4 is 35.1 Å². The third-order valence-electron chi connectivity index (χ3n) is 1.89. The second-order valence-electron chi connectivity index (χ2n) is 3.04. The van der Waals surface area contributed by atoms with Crippen molar-refractivity contribution in [3.05, 3.63) is 27.7 Å². The molecule has 5 nitrogen and oxygen atoms in total. The van der Waals surface area contributed by atoms with E-state index in [1.807, 2.05) is 0 Å². The van der Waals surface area contributed by atoms with Gasteiger partial charge in [0.25, 0.3) is 5.91 Å². The zero-order chi connectivity index (χ0) is 13.0. The number of carboxylic acids is 1. The van der Waals surface area contributed by atoms with E-state index in [2.05, 4.69) is 5.32 Å². The number of aliphatic carboxylic acids is 1. The largest absolute Gasteiger partial charge is 0.495 e. The standard InChI is InChI=1S/C10H9Cl2NO4/c1-17-8-3-6(11)5(2-7(8)12)10(16)13-4-9(14)15/h2-3H,4H2,1H3,(H,13,16)(H,14,15). The monoisotopic (exact) mass is 277 g/mol. The Bertz CT molecular complexity index is 462. The van der Waals surface area contributed by atoms with Gasteiger partial charge in [0, 0.05) is 6.07 Å². The summed E-state index contributed by atoms with van der Waals surface area (Å²) < 4.78 is 4.92. The van der Waals surface area contributed by atoms with Gasteiger partial charge in [0.2, 0.25) is 0 Å². The number of nitrogens with one attached hydrogen (secondary N) is 1. The normalized spacial score (nSPS) is 9.82. The van der Waals surface area contributed by atoms with Crippen LogP contribution in [-0.4, -0.2) is 30.6 Å². The lowest BCUT2D eigenvalue weighted by Crippen LogP contribution is -2.29. The first-order valence-corrected chi connectivity index (χ1v) is 5.24. The van der Waals surface area contributed by atoms with Crippen molar-refractivity contribution in [3.8, 4) is 5.75 Å². The molecule has 1 amide bonds. The van der Waals surface area contributed by atoms with E-state index < -0.39 is 18.4 Å². The second kappa shape index (κ2) is 5.75. The number of rotatable bonds is 4. The Morgan fingerprint density at radius 2 is 2.00 bits per heavy atom. The number of carbonyl (C=O) groups is 2. The molecule has 0 saturated heterocycles. The maximum absolute atomic E-state index is 11.6. The Morgan fingerprint density at radius 1 is 1.35 bits per heavy atom. The highest BCUT2D eigenvalue weighted by Crippen LogP contribution is 2.30. The molecule has 0 aromatic heterocycles. The van der Waals surface area contributed by atoms with Gasteiger partial charge in [0.1, 0.15) is 12.3 Å². The van der Waals surface area contributed by atoms with Crippen molar-refractivity contribution in [2.75, 3.05) is 13.7 Å². The minimum Gasteiger partial charge on any atom is -0.495 e. The molecule has 1 aromatic rings. The molecular formula is C10H9Cl2NO4. The lowest BCUT2D eigenvalue weighted by Gasteiger charge is -2.08. The quantitative estimate of drug-likeness (QED) is 0.880. The molecule has 0 saturated carbocycles. The first-order valence-electron chi connectivity index (χ1n) is 4.48. The Labute approximate surface area is 107 Å². The van der Waals surface area contributed by atoms with Crippen LogP contribution in [-0.2, 0) is 4.79 Å². The molecule has 0 aliphatic heterocycles. The molecule has 7 heteroatoms. The molecule has 0 spiro atoms. The van der Waals surface area contributed by atoms with Gasteiger partial charge in [-0.3, -0.25) is 9.59 Å². The number of benzene rings is 1. The summed E-state index contributed by atoms with van der Waals surface area (Å²) in [5.74, 6) is -1.41. The van der Waals surface area contributed by atoms with Gasteiger partial charge in [-0.2, -0.15) is 0 Å². The molecule has 1 aromatic carbocycles. The predicted molar refractivity (Wildman–Crippen MR) is 63.0 cm³/mol. The SMILES string of the molecule is COc1cc(Cl)c(C(=O)NCC(=O)O)cc1Cl. The Kier molecular flexibility index (Phi) is 4.60. The number of methoxy groups -OCH3 is 1. The number of carboxylic acid groups (broad SMARTS) is 1. The predicted octanol–water partition coefficient (Wildman–Crippen LogP) is 1.82. The highest BCUT2D eigenvalue weighted by molar-refractivity contribution is 6.36. The zero-order valence-electron chi connectivity index (χ0n) is 8.79. The van der Waals surface area contributed by atoms with Crippen molar-refractivity contribution in [3.63, 3.8) is 0 Å². The van der Waals surface area contributed by atoms with Crippen molar-refractivity contribution in [1.82, 2.24) is 5.32 Å². The fourth-order valence-corrected chi connectivity index (χ4v) is 1.59. The Hall–Kier alpha value is -1.46. The summed E-state index contributed by atoms with van der Waals surface area (Å²) in [5, 5.41) is 11.0. The van der Waals surface area contributed by atoms with Crippen molar-refractivity contribution in [2.45, 2.75) is 0 Å². The smallest absolute Gasteiger partial charge is 0.322 e. The molecule has 0 heterocycles. The van der Waals surface area contributed by atoms with Gasteiger partial charge in [-0.25, -0.2) is 0 Å². The number of ether oxygens (including phenoxy) is 1. The fraction of sp³-hybridized carbons (Fsp3) is 0.200. The fourth-order valence-electron chi connectivity index (χ4n) is 1.11. The molecular weight excluding hydrogens is 269 g/mol. The van der Waals surface area contributed by atoms with E-state index in [-0.39, 0.29) is 15.6 Å². The Balaban J connectivity index is 2.94.